The zero-order valence-corrected chi connectivity index (χ0v) is 21.4. The molecule has 6 heteroatoms. The zero-order valence-electron chi connectivity index (χ0n) is 21.4. The van der Waals surface area contributed by atoms with Gasteiger partial charge in [-0.15, -0.1) is 0 Å². The zero-order chi connectivity index (χ0) is 25.6. The smallest absolute Gasteiger partial charge is 0.256 e. The number of anilines is 2. The summed E-state index contributed by atoms with van der Waals surface area (Å²) in [6, 6.07) is 24.5. The van der Waals surface area contributed by atoms with Crippen molar-refractivity contribution in [2.45, 2.75) is 31.2 Å². The molecule has 0 spiro atoms. The van der Waals surface area contributed by atoms with Gasteiger partial charge in [-0.3, -0.25) is 9.59 Å². The van der Waals surface area contributed by atoms with Crippen LogP contribution in [0.4, 0.5) is 11.4 Å². The van der Waals surface area contributed by atoms with Gasteiger partial charge in [-0.2, -0.15) is 0 Å². The van der Waals surface area contributed by atoms with Gasteiger partial charge >= 0.3 is 0 Å². The average molecular weight is 508 g/mol. The quantitative estimate of drug-likeness (QED) is 0.475. The van der Waals surface area contributed by atoms with Crippen molar-refractivity contribution in [3.05, 3.63) is 95.1 Å². The SMILES string of the molecule is O=C(Nc1ccccc1C(=O)N1CCOCC1)c1ccc2c(c1)[C@@H]1[C@H]3CC[C@@H](C3)[C@@H]1[C@H](c1ccccc1)N2. The van der Waals surface area contributed by atoms with Crippen molar-refractivity contribution in [1.29, 1.82) is 0 Å². The van der Waals surface area contributed by atoms with E-state index in [-0.39, 0.29) is 11.8 Å². The number of nitrogens with one attached hydrogen (secondary N) is 2. The van der Waals surface area contributed by atoms with Crippen LogP contribution >= 0.6 is 0 Å². The number of rotatable bonds is 4. The Balaban J connectivity index is 1.17. The van der Waals surface area contributed by atoms with Crippen molar-refractivity contribution in [2.75, 3.05) is 36.9 Å². The van der Waals surface area contributed by atoms with Gasteiger partial charge < -0.3 is 20.3 Å². The van der Waals surface area contributed by atoms with Crippen LogP contribution in [0.25, 0.3) is 0 Å². The molecule has 38 heavy (non-hydrogen) atoms. The summed E-state index contributed by atoms with van der Waals surface area (Å²) in [5, 5.41) is 6.90. The summed E-state index contributed by atoms with van der Waals surface area (Å²) in [6.45, 7) is 2.21. The minimum Gasteiger partial charge on any atom is -0.378 e. The maximum absolute atomic E-state index is 13.5. The summed E-state index contributed by atoms with van der Waals surface area (Å²) in [5.74, 6) is 2.18. The number of morpholine rings is 1. The molecule has 3 fully saturated rings. The van der Waals surface area contributed by atoms with Gasteiger partial charge in [0, 0.05) is 24.3 Å². The summed E-state index contributed by atoms with van der Waals surface area (Å²) in [6.07, 6.45) is 3.87. The third-order valence-corrected chi connectivity index (χ3v) is 9.21. The van der Waals surface area contributed by atoms with E-state index in [1.165, 1.54) is 30.4 Å². The Morgan fingerprint density at radius 3 is 2.50 bits per heavy atom. The molecule has 2 aliphatic carbocycles. The Labute approximate surface area is 223 Å². The molecule has 0 unspecified atom stereocenters. The van der Waals surface area contributed by atoms with Gasteiger partial charge in [-0.1, -0.05) is 42.5 Å². The van der Waals surface area contributed by atoms with Crippen LogP contribution in [0.1, 0.15) is 63.1 Å². The third kappa shape index (κ3) is 3.99. The van der Waals surface area contributed by atoms with Crippen LogP contribution in [0.15, 0.2) is 72.8 Å². The van der Waals surface area contributed by atoms with Crippen LogP contribution in [-0.2, 0) is 4.74 Å². The Hall–Kier alpha value is -3.64. The second-order valence-electron chi connectivity index (χ2n) is 11.2. The molecule has 7 rings (SSSR count). The second-order valence-corrected chi connectivity index (χ2v) is 11.2. The van der Waals surface area contributed by atoms with Crippen LogP contribution < -0.4 is 10.6 Å². The molecule has 3 aromatic rings. The summed E-state index contributed by atoms with van der Waals surface area (Å²) in [7, 11) is 0. The van der Waals surface area contributed by atoms with Gasteiger partial charge in [0.15, 0.2) is 0 Å². The van der Waals surface area contributed by atoms with E-state index in [4.69, 9.17) is 4.74 Å². The van der Waals surface area contributed by atoms with Crippen LogP contribution in [0.2, 0.25) is 0 Å². The Bertz CT molecular complexity index is 1370. The monoisotopic (exact) mass is 507 g/mol. The van der Waals surface area contributed by atoms with Crippen LogP contribution in [-0.4, -0.2) is 43.0 Å². The summed E-state index contributed by atoms with van der Waals surface area (Å²) in [4.78, 5) is 28.5. The van der Waals surface area contributed by atoms with E-state index >= 15 is 0 Å². The van der Waals surface area contributed by atoms with Crippen molar-refractivity contribution in [2.24, 2.45) is 17.8 Å². The number of nitrogens with zero attached hydrogens (tertiary/aromatic N) is 1. The molecule has 4 aliphatic rings. The summed E-state index contributed by atoms with van der Waals surface area (Å²) < 4.78 is 5.39. The number of benzene rings is 3. The molecule has 2 bridgehead atoms. The number of para-hydroxylation sites is 1. The first-order valence-electron chi connectivity index (χ1n) is 13.9. The van der Waals surface area contributed by atoms with E-state index in [0.29, 0.717) is 66.9 Å². The maximum Gasteiger partial charge on any atom is 0.256 e. The number of amides is 2. The van der Waals surface area contributed by atoms with Gasteiger partial charge in [-0.25, -0.2) is 0 Å². The average Bonchev–Trinajstić information content (AvgIpc) is 3.60. The first-order valence-corrected chi connectivity index (χ1v) is 13.9. The van der Waals surface area contributed by atoms with Crippen molar-refractivity contribution in [3.8, 4) is 0 Å². The van der Waals surface area contributed by atoms with E-state index in [1.54, 1.807) is 11.0 Å². The highest BCUT2D eigenvalue weighted by Gasteiger charge is 2.53. The van der Waals surface area contributed by atoms with E-state index in [0.717, 1.165) is 11.6 Å². The predicted octanol–water partition coefficient (Wildman–Crippen LogP) is 5.71. The molecule has 3 aromatic carbocycles. The Morgan fingerprint density at radius 2 is 1.66 bits per heavy atom. The molecule has 6 nitrogen and oxygen atoms in total. The first kappa shape index (κ1) is 23.5. The molecule has 5 atom stereocenters. The van der Waals surface area contributed by atoms with Crippen LogP contribution in [0.5, 0.6) is 0 Å². The van der Waals surface area contributed by atoms with Crippen LogP contribution in [0.3, 0.4) is 0 Å². The predicted molar refractivity (Wildman–Crippen MR) is 147 cm³/mol. The van der Waals surface area contributed by atoms with Crippen molar-refractivity contribution >= 4 is 23.2 Å². The highest BCUT2D eigenvalue weighted by atomic mass is 16.5. The number of hydrogen-bond donors (Lipinski definition) is 2. The van der Waals surface area contributed by atoms with Gasteiger partial charge in [0.25, 0.3) is 11.8 Å². The van der Waals surface area contributed by atoms with E-state index in [2.05, 4.69) is 53.1 Å². The van der Waals surface area contributed by atoms with Crippen molar-refractivity contribution in [1.82, 2.24) is 4.90 Å². The molecule has 194 valence electrons. The number of hydrogen-bond acceptors (Lipinski definition) is 4. The first-order chi connectivity index (χ1) is 18.7. The highest BCUT2D eigenvalue weighted by Crippen LogP contribution is 2.63. The van der Waals surface area contributed by atoms with Gasteiger partial charge in [0.1, 0.15) is 0 Å². The Morgan fingerprint density at radius 1 is 0.895 bits per heavy atom. The molecule has 1 saturated heterocycles. The molecule has 2 aliphatic heterocycles. The molecule has 0 radical (unpaired) electrons. The summed E-state index contributed by atoms with van der Waals surface area (Å²) in [5.41, 5.74) is 5.47. The molecule has 2 N–H and O–H groups in total. The molecule has 2 amide bonds. The fourth-order valence-electron chi connectivity index (χ4n) is 7.53. The lowest BCUT2D eigenvalue weighted by Gasteiger charge is -2.43. The lowest BCUT2D eigenvalue weighted by atomic mass is 9.68. The fraction of sp³-hybridized carbons (Fsp3) is 0.375. The maximum atomic E-state index is 13.5. The lowest BCUT2D eigenvalue weighted by Crippen LogP contribution is -2.41. The molecular formula is C32H33N3O3. The van der Waals surface area contributed by atoms with E-state index in [9.17, 15) is 9.59 Å². The molecule has 2 saturated carbocycles. The minimum atomic E-state index is -0.181. The highest BCUT2D eigenvalue weighted by molar-refractivity contribution is 6.09. The van der Waals surface area contributed by atoms with Crippen molar-refractivity contribution < 1.29 is 14.3 Å². The second kappa shape index (κ2) is 9.59. The minimum absolute atomic E-state index is 0.0735. The molecule has 2 heterocycles. The van der Waals surface area contributed by atoms with Gasteiger partial charge in [0.05, 0.1) is 30.5 Å². The normalized spacial score (nSPS) is 27.3. The van der Waals surface area contributed by atoms with E-state index in [1.807, 2.05) is 24.3 Å². The number of carbonyl (C=O) groups excluding carboxylic acids is 2. The largest absolute Gasteiger partial charge is 0.378 e. The lowest BCUT2D eigenvalue weighted by molar-refractivity contribution is 0.0303. The Kier molecular flexibility index (Phi) is 5.92. The molecule has 0 aromatic heterocycles. The fourth-order valence-corrected chi connectivity index (χ4v) is 7.53. The topological polar surface area (TPSA) is 70.7 Å². The summed E-state index contributed by atoms with van der Waals surface area (Å²) >= 11 is 0. The third-order valence-electron chi connectivity index (χ3n) is 9.21. The standard InChI is InChI=1S/C32H33N3O3/c36-31(34-26-9-5-4-8-24(26)32(37)35-14-16-38-17-15-35)23-12-13-27-25(19-23)28-21-10-11-22(18-21)29(28)30(33-27)20-6-2-1-3-7-20/h1-9,12-13,19,21-22,28-30,33H,10-11,14-18H2,(H,34,36)/t21-,22-,28-,29-,30-/m0/s1. The number of carbonyl (C=O) groups is 2. The van der Waals surface area contributed by atoms with Crippen molar-refractivity contribution in [3.63, 3.8) is 0 Å². The number of ether oxygens (including phenoxy) is 1. The van der Waals surface area contributed by atoms with E-state index < -0.39 is 0 Å². The van der Waals surface area contributed by atoms with Gasteiger partial charge in [0.2, 0.25) is 0 Å². The van der Waals surface area contributed by atoms with Gasteiger partial charge in [-0.05, 0) is 84.4 Å². The molecular weight excluding hydrogens is 474 g/mol. The number of fused-ring (bicyclic) bond motifs is 7. The van der Waals surface area contributed by atoms with Crippen LogP contribution in [0, 0.1) is 17.8 Å².